The molecule has 1 N–H and O–H groups in total. The van der Waals surface area contributed by atoms with Crippen LogP contribution in [0.1, 0.15) is 22.3 Å². The summed E-state index contributed by atoms with van der Waals surface area (Å²) in [5.41, 5.74) is 2.81. The molecule has 2 aromatic carbocycles. The van der Waals surface area contributed by atoms with Crippen molar-refractivity contribution >= 4 is 32.6 Å². The number of fused-ring (bicyclic) bond motifs is 1. The van der Waals surface area contributed by atoms with Crippen LogP contribution in [0.4, 0.5) is 5.13 Å². The molecule has 0 spiro atoms. The second kappa shape index (κ2) is 8.82. The first-order valence-electron chi connectivity index (χ1n) is 9.86. The van der Waals surface area contributed by atoms with Crippen molar-refractivity contribution in [2.45, 2.75) is 13.3 Å². The summed E-state index contributed by atoms with van der Waals surface area (Å²) in [6, 6.07) is 15.8. The lowest BCUT2D eigenvalue weighted by atomic mass is 10.1. The van der Waals surface area contributed by atoms with Gasteiger partial charge in [-0.25, -0.2) is 4.98 Å². The standard InChI is InChI=1S/C22H25N3O2S/c1-17-7-9-18(10-8-17)21(26)25(12-4-11-24-13-15-27-16-14-24)22-23-19-5-2-3-6-20(19)28-22/h2-3,5-10H,4,11-16H2,1H3/p+1. The number of aromatic nitrogens is 1. The maximum Gasteiger partial charge on any atom is 0.260 e. The lowest BCUT2D eigenvalue weighted by Crippen LogP contribution is -3.14. The van der Waals surface area contributed by atoms with Crippen molar-refractivity contribution in [1.82, 2.24) is 4.98 Å². The van der Waals surface area contributed by atoms with Gasteiger partial charge in [-0.1, -0.05) is 41.2 Å². The van der Waals surface area contributed by atoms with Gasteiger partial charge < -0.3 is 9.64 Å². The maximum atomic E-state index is 13.3. The molecule has 0 atom stereocenters. The minimum atomic E-state index is 0.0241. The van der Waals surface area contributed by atoms with E-state index in [1.807, 2.05) is 54.3 Å². The molecule has 1 saturated heterocycles. The van der Waals surface area contributed by atoms with Crippen LogP contribution in [0.15, 0.2) is 48.5 Å². The van der Waals surface area contributed by atoms with Crippen LogP contribution < -0.4 is 9.80 Å². The molecule has 146 valence electrons. The number of carbonyl (C=O) groups is 1. The van der Waals surface area contributed by atoms with E-state index in [1.54, 1.807) is 16.2 Å². The molecule has 3 aromatic rings. The molecule has 1 aliphatic heterocycles. The number of rotatable bonds is 6. The largest absolute Gasteiger partial charge is 0.370 e. The number of quaternary nitrogens is 1. The van der Waals surface area contributed by atoms with Crippen molar-refractivity contribution in [1.29, 1.82) is 0 Å². The number of aryl methyl sites for hydroxylation is 1. The summed E-state index contributed by atoms with van der Waals surface area (Å²) in [6.45, 7) is 7.52. The van der Waals surface area contributed by atoms with Crippen molar-refractivity contribution < 1.29 is 14.4 Å². The average molecular weight is 397 g/mol. The predicted octanol–water partition coefficient (Wildman–Crippen LogP) is 2.56. The van der Waals surface area contributed by atoms with Crippen molar-refractivity contribution in [3.05, 3.63) is 59.7 Å². The van der Waals surface area contributed by atoms with E-state index >= 15 is 0 Å². The molecule has 1 fully saturated rings. The van der Waals surface area contributed by atoms with Crippen molar-refractivity contribution in [2.75, 3.05) is 44.3 Å². The molecule has 2 heterocycles. The van der Waals surface area contributed by atoms with E-state index in [0.717, 1.165) is 60.2 Å². The Morgan fingerprint density at radius 1 is 1.14 bits per heavy atom. The van der Waals surface area contributed by atoms with Crippen molar-refractivity contribution in [3.8, 4) is 0 Å². The molecular formula is C22H26N3O2S+. The van der Waals surface area contributed by atoms with E-state index in [9.17, 15) is 4.79 Å². The van der Waals surface area contributed by atoms with Gasteiger partial charge in [0.15, 0.2) is 5.13 Å². The summed E-state index contributed by atoms with van der Waals surface area (Å²) >= 11 is 1.58. The Balaban J connectivity index is 1.54. The summed E-state index contributed by atoms with van der Waals surface area (Å²) in [6.07, 6.45) is 0.947. The molecule has 5 nitrogen and oxygen atoms in total. The number of morpholine rings is 1. The number of carbonyl (C=O) groups excluding carboxylic acids is 1. The number of nitrogens with one attached hydrogen (secondary N) is 1. The van der Waals surface area contributed by atoms with E-state index in [-0.39, 0.29) is 5.91 Å². The Labute approximate surface area is 169 Å². The van der Waals surface area contributed by atoms with Gasteiger partial charge in [-0.15, -0.1) is 0 Å². The van der Waals surface area contributed by atoms with Gasteiger partial charge in [0, 0.05) is 18.5 Å². The van der Waals surface area contributed by atoms with Gasteiger partial charge in [0.05, 0.1) is 30.0 Å². The first-order chi connectivity index (χ1) is 13.7. The molecule has 1 aromatic heterocycles. The number of thiazole rings is 1. The van der Waals surface area contributed by atoms with Gasteiger partial charge in [0.25, 0.3) is 5.91 Å². The molecule has 0 unspecified atom stereocenters. The Morgan fingerprint density at radius 2 is 1.89 bits per heavy atom. The predicted molar refractivity (Wildman–Crippen MR) is 113 cm³/mol. The SMILES string of the molecule is Cc1ccc(C(=O)N(CCC[NH+]2CCOCC2)c2nc3ccccc3s2)cc1. The van der Waals surface area contributed by atoms with Gasteiger partial charge in [-0.2, -0.15) is 0 Å². The fourth-order valence-electron chi connectivity index (χ4n) is 3.51. The normalized spacial score (nSPS) is 15.0. The monoisotopic (exact) mass is 396 g/mol. The maximum absolute atomic E-state index is 13.3. The molecule has 0 saturated carbocycles. The van der Waals surface area contributed by atoms with Gasteiger partial charge in [-0.05, 0) is 31.2 Å². The molecule has 1 aliphatic rings. The zero-order valence-electron chi connectivity index (χ0n) is 16.2. The van der Waals surface area contributed by atoms with Crippen LogP contribution in [-0.2, 0) is 4.74 Å². The second-order valence-electron chi connectivity index (χ2n) is 7.25. The molecule has 1 amide bonds. The Kier molecular flexibility index (Phi) is 6.00. The van der Waals surface area contributed by atoms with Crippen LogP contribution in [-0.4, -0.2) is 50.3 Å². The van der Waals surface area contributed by atoms with E-state index in [2.05, 4.69) is 6.07 Å². The Bertz CT molecular complexity index is 899. The van der Waals surface area contributed by atoms with Gasteiger partial charge in [0.1, 0.15) is 13.1 Å². The minimum Gasteiger partial charge on any atom is -0.370 e. The molecule has 0 radical (unpaired) electrons. The third kappa shape index (κ3) is 4.41. The molecule has 0 aliphatic carbocycles. The van der Waals surface area contributed by atoms with Crippen LogP contribution in [0, 0.1) is 6.92 Å². The number of nitrogens with zero attached hydrogens (tertiary/aromatic N) is 2. The highest BCUT2D eigenvalue weighted by molar-refractivity contribution is 7.22. The summed E-state index contributed by atoms with van der Waals surface area (Å²) in [5, 5.41) is 0.781. The lowest BCUT2D eigenvalue weighted by molar-refractivity contribution is -0.908. The zero-order valence-corrected chi connectivity index (χ0v) is 17.0. The zero-order chi connectivity index (χ0) is 19.3. The highest BCUT2D eigenvalue weighted by atomic mass is 32.1. The molecule has 6 heteroatoms. The summed E-state index contributed by atoms with van der Waals surface area (Å²) < 4.78 is 6.55. The lowest BCUT2D eigenvalue weighted by Gasteiger charge is -2.25. The number of amides is 1. The highest BCUT2D eigenvalue weighted by Crippen LogP contribution is 2.29. The number of anilines is 1. The van der Waals surface area contributed by atoms with E-state index in [4.69, 9.17) is 9.72 Å². The van der Waals surface area contributed by atoms with Crippen LogP contribution in [0.3, 0.4) is 0 Å². The van der Waals surface area contributed by atoms with Crippen LogP contribution in [0.2, 0.25) is 0 Å². The third-order valence-corrected chi connectivity index (χ3v) is 6.23. The van der Waals surface area contributed by atoms with Gasteiger partial charge in [-0.3, -0.25) is 9.69 Å². The fraction of sp³-hybridized carbons (Fsp3) is 0.364. The topological polar surface area (TPSA) is 46.9 Å². The number of ether oxygens (including phenoxy) is 1. The van der Waals surface area contributed by atoms with Gasteiger partial charge in [0.2, 0.25) is 0 Å². The quantitative estimate of drug-likeness (QED) is 0.697. The molecule has 28 heavy (non-hydrogen) atoms. The summed E-state index contributed by atoms with van der Waals surface area (Å²) in [4.78, 5) is 21.4. The van der Waals surface area contributed by atoms with Crippen molar-refractivity contribution in [3.63, 3.8) is 0 Å². The number of hydrogen-bond acceptors (Lipinski definition) is 4. The van der Waals surface area contributed by atoms with Gasteiger partial charge >= 0.3 is 0 Å². The molecule has 0 bridgehead atoms. The van der Waals surface area contributed by atoms with Crippen LogP contribution >= 0.6 is 11.3 Å². The van der Waals surface area contributed by atoms with E-state index in [1.165, 1.54) is 0 Å². The van der Waals surface area contributed by atoms with E-state index in [0.29, 0.717) is 12.1 Å². The summed E-state index contributed by atoms with van der Waals surface area (Å²) in [7, 11) is 0. The van der Waals surface area contributed by atoms with Crippen LogP contribution in [0.5, 0.6) is 0 Å². The first-order valence-corrected chi connectivity index (χ1v) is 10.7. The summed E-state index contributed by atoms with van der Waals surface area (Å²) in [5.74, 6) is 0.0241. The van der Waals surface area contributed by atoms with E-state index < -0.39 is 0 Å². The smallest absolute Gasteiger partial charge is 0.260 e. The number of benzene rings is 2. The Morgan fingerprint density at radius 3 is 2.64 bits per heavy atom. The number of para-hydroxylation sites is 1. The first kappa shape index (κ1) is 19.1. The second-order valence-corrected chi connectivity index (χ2v) is 8.26. The molecule has 4 rings (SSSR count). The highest BCUT2D eigenvalue weighted by Gasteiger charge is 2.22. The Hall–Kier alpha value is -2.28. The van der Waals surface area contributed by atoms with Crippen LogP contribution in [0.25, 0.3) is 10.2 Å². The fourth-order valence-corrected chi connectivity index (χ4v) is 4.50. The van der Waals surface area contributed by atoms with Crippen molar-refractivity contribution in [2.24, 2.45) is 0 Å². The average Bonchev–Trinajstić information content (AvgIpc) is 3.16. The molecular weight excluding hydrogens is 370 g/mol. The number of hydrogen-bond donors (Lipinski definition) is 1. The third-order valence-electron chi connectivity index (χ3n) is 5.17. The minimum absolute atomic E-state index is 0.0241.